The molecule has 4 heteroatoms. The lowest BCUT2D eigenvalue weighted by molar-refractivity contribution is 1.18. The van der Waals surface area contributed by atoms with Crippen molar-refractivity contribution in [2.45, 2.75) is 0 Å². The molecule has 0 bridgehead atoms. The molecule has 0 atom stereocenters. The number of rotatable bonds is 5. The molecule has 0 aliphatic carbocycles. The van der Waals surface area contributed by atoms with Crippen LogP contribution in [0.5, 0.6) is 0 Å². The zero-order valence-corrected chi connectivity index (χ0v) is 31.9. The van der Waals surface area contributed by atoms with Gasteiger partial charge in [0.2, 0.25) is 0 Å². The van der Waals surface area contributed by atoms with Gasteiger partial charge < -0.3 is 4.57 Å². The standard InChI is InChI=1S/C55H34N4/c1-2-14-39(15-3-1)55-56-48-22-9-6-19-45(48)52(58-55)37-25-27-38(28-26-37)53-47-34-31-35-13-4-5-16-41(35)51(47)46-21-12-20-42(54(46)57-53)36-29-32-40(33-30-36)59-49-23-10-7-17-43(49)44-18-8-11-24-50(44)59/h1-34H. The van der Waals surface area contributed by atoms with Gasteiger partial charge >= 0.3 is 0 Å². The van der Waals surface area contributed by atoms with Crippen LogP contribution in [0.2, 0.25) is 0 Å². The first kappa shape index (κ1) is 33.2. The fraction of sp³-hybridized carbons (Fsp3) is 0. The van der Waals surface area contributed by atoms with E-state index < -0.39 is 0 Å². The fourth-order valence-corrected chi connectivity index (χ4v) is 9.04. The predicted octanol–water partition coefficient (Wildman–Crippen LogP) is 14.2. The Morgan fingerprint density at radius 1 is 0.322 bits per heavy atom. The quantitative estimate of drug-likeness (QED) is 0.165. The lowest BCUT2D eigenvalue weighted by Crippen LogP contribution is -1.96. The highest BCUT2D eigenvalue weighted by atomic mass is 15.0. The highest BCUT2D eigenvalue weighted by molar-refractivity contribution is 6.24. The molecule has 0 aliphatic heterocycles. The second-order valence-electron chi connectivity index (χ2n) is 15.1. The van der Waals surface area contributed by atoms with Crippen molar-refractivity contribution in [3.05, 3.63) is 206 Å². The summed E-state index contributed by atoms with van der Waals surface area (Å²) in [7, 11) is 0. The largest absolute Gasteiger partial charge is 0.309 e. The topological polar surface area (TPSA) is 43.6 Å². The number of pyridine rings is 1. The Kier molecular flexibility index (Phi) is 7.50. The van der Waals surface area contributed by atoms with Crippen LogP contribution < -0.4 is 0 Å². The molecular formula is C55H34N4. The Labute approximate surface area is 340 Å². The van der Waals surface area contributed by atoms with Crippen molar-refractivity contribution in [1.82, 2.24) is 19.5 Å². The molecule has 9 aromatic carbocycles. The zero-order chi connectivity index (χ0) is 38.9. The van der Waals surface area contributed by atoms with E-state index in [-0.39, 0.29) is 0 Å². The van der Waals surface area contributed by atoms with Crippen molar-refractivity contribution in [1.29, 1.82) is 0 Å². The van der Waals surface area contributed by atoms with Gasteiger partial charge in [-0.2, -0.15) is 0 Å². The number of nitrogens with zero attached hydrogens (tertiary/aromatic N) is 4. The van der Waals surface area contributed by atoms with Gasteiger partial charge in [-0.15, -0.1) is 0 Å². The van der Waals surface area contributed by atoms with Gasteiger partial charge in [-0.25, -0.2) is 15.0 Å². The number of fused-ring (bicyclic) bond motifs is 9. The third kappa shape index (κ3) is 5.34. The summed E-state index contributed by atoms with van der Waals surface area (Å²) in [4.78, 5) is 15.7. The van der Waals surface area contributed by atoms with Gasteiger partial charge in [-0.05, 0) is 46.7 Å². The Balaban J connectivity index is 1.03. The van der Waals surface area contributed by atoms with E-state index in [1.807, 2.05) is 24.3 Å². The maximum absolute atomic E-state index is 5.59. The molecule has 3 aromatic heterocycles. The van der Waals surface area contributed by atoms with Gasteiger partial charge in [0.15, 0.2) is 5.82 Å². The summed E-state index contributed by atoms with van der Waals surface area (Å²) in [5.41, 5.74) is 12.6. The summed E-state index contributed by atoms with van der Waals surface area (Å²) >= 11 is 0. The lowest BCUT2D eigenvalue weighted by atomic mass is 9.92. The molecule has 59 heavy (non-hydrogen) atoms. The number of aromatic nitrogens is 4. The third-order valence-electron chi connectivity index (χ3n) is 11.8. The first-order valence-corrected chi connectivity index (χ1v) is 20.0. The van der Waals surface area contributed by atoms with E-state index in [9.17, 15) is 0 Å². The lowest BCUT2D eigenvalue weighted by Gasteiger charge is -2.16. The SMILES string of the molecule is c1ccc(-c2nc(-c3ccc(-c4nc5c(-c6ccc(-n7c8ccccc8c8ccccc87)cc6)cccc5c5c4ccc4ccccc45)cc3)c3ccccc3n2)cc1. The highest BCUT2D eigenvalue weighted by Crippen LogP contribution is 2.41. The Morgan fingerprint density at radius 2 is 0.898 bits per heavy atom. The first-order chi connectivity index (χ1) is 29.3. The van der Waals surface area contributed by atoms with Crippen LogP contribution in [0.1, 0.15) is 0 Å². The highest BCUT2D eigenvalue weighted by Gasteiger charge is 2.18. The Morgan fingerprint density at radius 3 is 1.63 bits per heavy atom. The van der Waals surface area contributed by atoms with Gasteiger partial charge in [0.05, 0.1) is 33.5 Å². The van der Waals surface area contributed by atoms with Gasteiger partial charge in [0, 0.05) is 60.3 Å². The van der Waals surface area contributed by atoms with E-state index in [1.165, 1.54) is 38.0 Å². The van der Waals surface area contributed by atoms with Crippen molar-refractivity contribution in [2.75, 3.05) is 0 Å². The summed E-state index contributed by atoms with van der Waals surface area (Å²) in [5.74, 6) is 0.716. The molecule has 12 rings (SSSR count). The minimum absolute atomic E-state index is 0.716. The van der Waals surface area contributed by atoms with Crippen LogP contribution in [0.3, 0.4) is 0 Å². The van der Waals surface area contributed by atoms with Gasteiger partial charge in [-0.1, -0.05) is 176 Å². The zero-order valence-electron chi connectivity index (χ0n) is 31.9. The monoisotopic (exact) mass is 750 g/mol. The second kappa shape index (κ2) is 13.3. The summed E-state index contributed by atoms with van der Waals surface area (Å²) in [6, 6.07) is 73.2. The molecule has 4 nitrogen and oxygen atoms in total. The van der Waals surface area contributed by atoms with Crippen LogP contribution in [0.4, 0.5) is 0 Å². The normalized spacial score (nSPS) is 11.7. The smallest absolute Gasteiger partial charge is 0.160 e. The second-order valence-corrected chi connectivity index (χ2v) is 15.1. The summed E-state index contributed by atoms with van der Waals surface area (Å²) < 4.78 is 2.37. The molecule has 0 saturated heterocycles. The number of benzene rings is 9. The summed E-state index contributed by atoms with van der Waals surface area (Å²) in [5, 5.41) is 9.44. The minimum Gasteiger partial charge on any atom is -0.309 e. The fourth-order valence-electron chi connectivity index (χ4n) is 9.04. The Bertz CT molecular complexity index is 3530. The minimum atomic E-state index is 0.716. The van der Waals surface area contributed by atoms with Crippen LogP contribution in [-0.4, -0.2) is 19.5 Å². The van der Waals surface area contributed by atoms with Gasteiger partial charge in [0.25, 0.3) is 0 Å². The van der Waals surface area contributed by atoms with Crippen LogP contribution in [0.15, 0.2) is 206 Å². The van der Waals surface area contributed by atoms with Crippen molar-refractivity contribution in [2.24, 2.45) is 0 Å². The van der Waals surface area contributed by atoms with Crippen molar-refractivity contribution in [3.63, 3.8) is 0 Å². The van der Waals surface area contributed by atoms with Crippen LogP contribution in [0, 0.1) is 0 Å². The maximum atomic E-state index is 5.59. The molecule has 3 heterocycles. The van der Waals surface area contributed by atoms with Crippen LogP contribution in [-0.2, 0) is 0 Å². The van der Waals surface area contributed by atoms with E-state index in [1.54, 1.807) is 0 Å². The molecule has 0 amide bonds. The average Bonchev–Trinajstić information content (AvgIpc) is 3.65. The molecular weight excluding hydrogens is 717 g/mol. The van der Waals surface area contributed by atoms with E-state index in [4.69, 9.17) is 15.0 Å². The van der Waals surface area contributed by atoms with E-state index in [2.05, 4.69) is 187 Å². The van der Waals surface area contributed by atoms with Gasteiger partial charge in [-0.3, -0.25) is 0 Å². The molecule has 0 aliphatic rings. The molecule has 0 fully saturated rings. The molecule has 0 radical (unpaired) electrons. The van der Waals surface area contributed by atoms with Crippen LogP contribution in [0.25, 0.3) is 116 Å². The van der Waals surface area contributed by atoms with E-state index in [0.717, 1.165) is 72.1 Å². The first-order valence-electron chi connectivity index (χ1n) is 20.0. The average molecular weight is 751 g/mol. The predicted molar refractivity (Wildman–Crippen MR) is 246 cm³/mol. The summed E-state index contributed by atoms with van der Waals surface area (Å²) in [6.07, 6.45) is 0. The molecule has 12 aromatic rings. The third-order valence-corrected chi connectivity index (χ3v) is 11.8. The Hall–Kier alpha value is -7.95. The van der Waals surface area contributed by atoms with Crippen LogP contribution >= 0.6 is 0 Å². The number of para-hydroxylation sites is 4. The van der Waals surface area contributed by atoms with Gasteiger partial charge in [0.1, 0.15) is 0 Å². The molecule has 0 saturated carbocycles. The molecule has 0 spiro atoms. The molecule has 0 unspecified atom stereocenters. The number of hydrogen-bond donors (Lipinski definition) is 0. The van der Waals surface area contributed by atoms with Crippen molar-refractivity contribution < 1.29 is 0 Å². The van der Waals surface area contributed by atoms with Crippen molar-refractivity contribution >= 4 is 65.2 Å². The summed E-state index contributed by atoms with van der Waals surface area (Å²) in [6.45, 7) is 0. The van der Waals surface area contributed by atoms with Crippen molar-refractivity contribution in [3.8, 4) is 50.7 Å². The molecule has 274 valence electrons. The van der Waals surface area contributed by atoms with E-state index >= 15 is 0 Å². The van der Waals surface area contributed by atoms with E-state index in [0.29, 0.717) is 5.82 Å². The molecule has 0 N–H and O–H groups in total. The maximum Gasteiger partial charge on any atom is 0.160 e. The number of hydrogen-bond acceptors (Lipinski definition) is 3.